The Balaban J connectivity index is 0.860. The highest BCUT2D eigenvalue weighted by atomic mass is 16.6. The highest BCUT2D eigenvalue weighted by Gasteiger charge is 2.53. The lowest BCUT2D eigenvalue weighted by atomic mass is 9.95. The number of hydrogen-bond acceptors (Lipinski definition) is 10. The summed E-state index contributed by atoms with van der Waals surface area (Å²) in [6.45, 7) is 1.73. The van der Waals surface area contributed by atoms with Crippen molar-refractivity contribution in [1.29, 1.82) is 0 Å². The fourth-order valence-corrected chi connectivity index (χ4v) is 10.9. The first-order valence-corrected chi connectivity index (χ1v) is 21.1. The first-order valence-electron chi connectivity index (χ1n) is 21.1. The average Bonchev–Trinajstić information content (AvgIpc) is 3.42. The van der Waals surface area contributed by atoms with Crippen LogP contribution in [0.1, 0.15) is 107 Å². The lowest BCUT2D eigenvalue weighted by Crippen LogP contribution is -2.58. The maximum atomic E-state index is 12.9. The number of unbranched alkanes of at least 4 members (excludes halogenated alkanes) is 4. The standard InChI is InChI=1S/C45H68N2O10/c1-46(28-30-20-38(50-3)44(54-7)39(21-30)51-4)32-16-17-33(46)25-36(24-32)56-42(48)14-12-10-9-11-13-15-43(49)57-37-26-34-18-19-35(27-37)47(34,2)29-31-22-40(52-5)45(55-8)41(23-31)53-6/h20-23,32-37H,9-19,24-29H2,1-8H3/q+2. The summed E-state index contributed by atoms with van der Waals surface area (Å²) in [6.07, 6.45) is 13.6. The summed E-state index contributed by atoms with van der Waals surface area (Å²) >= 11 is 0. The SMILES string of the molecule is COc1cc(C[N+]2(C)C3CCC2CC(OC(=O)CCCCCCCC(=O)OC2CC4CCC(C2)[N+]4(C)Cc2cc(OC)c(OC)c(OC)c2)C3)cc(OC)c1OC. The second kappa shape index (κ2) is 18.8. The summed E-state index contributed by atoms with van der Waals surface area (Å²) in [5.74, 6) is 3.75. The van der Waals surface area contributed by atoms with Crippen molar-refractivity contribution in [2.45, 2.75) is 146 Å². The number of piperidine rings is 2. The van der Waals surface area contributed by atoms with Crippen molar-refractivity contribution < 1.29 is 56.5 Å². The molecule has 4 aliphatic rings. The van der Waals surface area contributed by atoms with Gasteiger partial charge in [0.15, 0.2) is 23.0 Å². The fourth-order valence-electron chi connectivity index (χ4n) is 10.9. The molecule has 4 fully saturated rings. The second-order valence-corrected chi connectivity index (χ2v) is 17.3. The van der Waals surface area contributed by atoms with Crippen molar-refractivity contribution >= 4 is 11.9 Å². The van der Waals surface area contributed by atoms with Crippen LogP contribution in [-0.2, 0) is 32.2 Å². The van der Waals surface area contributed by atoms with E-state index in [1.165, 1.54) is 0 Å². The van der Waals surface area contributed by atoms with E-state index in [-0.39, 0.29) is 24.1 Å². The molecule has 4 unspecified atom stereocenters. The van der Waals surface area contributed by atoms with Gasteiger partial charge in [-0.15, -0.1) is 0 Å². The van der Waals surface area contributed by atoms with E-state index in [2.05, 4.69) is 38.4 Å². The van der Waals surface area contributed by atoms with Crippen LogP contribution < -0.4 is 28.4 Å². The smallest absolute Gasteiger partial charge is 0.306 e. The van der Waals surface area contributed by atoms with Crippen molar-refractivity contribution in [3.05, 3.63) is 35.4 Å². The van der Waals surface area contributed by atoms with Gasteiger partial charge in [0.2, 0.25) is 11.5 Å². The number of benzene rings is 2. The van der Waals surface area contributed by atoms with Gasteiger partial charge in [-0.2, -0.15) is 0 Å². The molecule has 12 nitrogen and oxygen atoms in total. The molecular weight excluding hydrogens is 728 g/mol. The van der Waals surface area contributed by atoms with Crippen LogP contribution in [0.3, 0.4) is 0 Å². The van der Waals surface area contributed by atoms with E-state index in [9.17, 15) is 9.59 Å². The summed E-state index contributed by atoms with van der Waals surface area (Å²) in [5, 5.41) is 0. The monoisotopic (exact) mass is 796 g/mol. The number of ether oxygens (including phenoxy) is 8. The summed E-state index contributed by atoms with van der Waals surface area (Å²) in [7, 11) is 14.5. The van der Waals surface area contributed by atoms with Gasteiger partial charge in [0, 0.05) is 75.3 Å². The van der Waals surface area contributed by atoms with Crippen LogP contribution in [0.25, 0.3) is 0 Å². The Morgan fingerprint density at radius 2 is 0.789 bits per heavy atom. The van der Waals surface area contributed by atoms with E-state index < -0.39 is 0 Å². The van der Waals surface area contributed by atoms with Crippen LogP contribution in [0.15, 0.2) is 24.3 Å². The first-order chi connectivity index (χ1) is 27.5. The van der Waals surface area contributed by atoms with Crippen LogP contribution in [0, 0.1) is 0 Å². The molecule has 2 aromatic carbocycles. The molecule has 12 heteroatoms. The summed E-state index contributed by atoms with van der Waals surface area (Å²) in [5.41, 5.74) is 2.31. The largest absolute Gasteiger partial charge is 0.493 e. The molecule has 4 bridgehead atoms. The number of nitrogens with zero attached hydrogens (tertiary/aromatic N) is 2. The normalized spacial score (nSPS) is 28.7. The summed E-state index contributed by atoms with van der Waals surface area (Å²) in [6, 6.07) is 10.00. The van der Waals surface area contributed by atoms with Gasteiger partial charge in [0.05, 0.1) is 80.9 Å². The van der Waals surface area contributed by atoms with E-state index in [0.717, 1.165) is 117 Å². The zero-order chi connectivity index (χ0) is 40.7. The second-order valence-electron chi connectivity index (χ2n) is 17.3. The molecule has 0 aromatic heterocycles. The van der Waals surface area contributed by atoms with E-state index in [0.29, 0.717) is 71.5 Å². The summed E-state index contributed by atoms with van der Waals surface area (Å²) in [4.78, 5) is 25.8. The molecule has 0 aliphatic carbocycles. The molecule has 4 saturated heterocycles. The molecule has 0 spiro atoms. The number of fused-ring (bicyclic) bond motifs is 4. The Bertz CT molecular complexity index is 1500. The maximum Gasteiger partial charge on any atom is 0.306 e. The van der Waals surface area contributed by atoms with Gasteiger partial charge in [0.25, 0.3) is 0 Å². The van der Waals surface area contributed by atoms with Gasteiger partial charge >= 0.3 is 11.9 Å². The lowest BCUT2D eigenvalue weighted by Gasteiger charge is -2.47. The Kier molecular flexibility index (Phi) is 14.1. The predicted octanol–water partition coefficient (Wildman–Crippen LogP) is 7.54. The van der Waals surface area contributed by atoms with Crippen molar-refractivity contribution in [3.63, 3.8) is 0 Å². The summed E-state index contributed by atoms with van der Waals surface area (Å²) < 4.78 is 47.5. The van der Waals surface area contributed by atoms with Gasteiger partial charge < -0.3 is 46.9 Å². The molecule has 2 aromatic rings. The van der Waals surface area contributed by atoms with Crippen molar-refractivity contribution in [2.75, 3.05) is 56.8 Å². The number of quaternary nitrogens is 2. The minimum Gasteiger partial charge on any atom is -0.493 e. The Hall–Kier alpha value is -3.90. The third kappa shape index (κ3) is 9.38. The fraction of sp³-hybridized carbons (Fsp3) is 0.689. The molecule has 4 aliphatic heterocycles. The highest BCUT2D eigenvalue weighted by Crippen LogP contribution is 2.47. The molecule has 0 N–H and O–H groups in total. The Labute approximate surface area is 340 Å². The maximum absolute atomic E-state index is 12.9. The Morgan fingerprint density at radius 1 is 0.491 bits per heavy atom. The van der Waals surface area contributed by atoms with E-state index >= 15 is 0 Å². The molecule has 4 atom stereocenters. The van der Waals surface area contributed by atoms with Crippen molar-refractivity contribution in [3.8, 4) is 34.5 Å². The van der Waals surface area contributed by atoms with Crippen molar-refractivity contribution in [2.24, 2.45) is 0 Å². The number of carbonyl (C=O) groups is 2. The van der Waals surface area contributed by atoms with Crippen molar-refractivity contribution in [1.82, 2.24) is 0 Å². The topological polar surface area (TPSA) is 108 Å². The Morgan fingerprint density at radius 3 is 1.07 bits per heavy atom. The van der Waals surface area contributed by atoms with Crippen LogP contribution in [0.4, 0.5) is 0 Å². The molecule has 0 saturated carbocycles. The quantitative estimate of drug-likeness (QED) is 0.0758. The van der Waals surface area contributed by atoms with Gasteiger partial charge in [-0.05, 0) is 37.1 Å². The molecule has 6 rings (SSSR count). The van der Waals surface area contributed by atoms with Gasteiger partial charge in [-0.1, -0.05) is 19.3 Å². The minimum atomic E-state index is -0.0803. The van der Waals surface area contributed by atoms with Gasteiger partial charge in [-0.3, -0.25) is 9.59 Å². The zero-order valence-corrected chi connectivity index (χ0v) is 35.8. The van der Waals surface area contributed by atoms with Gasteiger partial charge in [0.1, 0.15) is 25.3 Å². The molecule has 57 heavy (non-hydrogen) atoms. The molecule has 0 amide bonds. The van der Waals surface area contributed by atoms with Gasteiger partial charge in [-0.25, -0.2) is 0 Å². The van der Waals surface area contributed by atoms with E-state index in [1.54, 1.807) is 42.7 Å². The highest BCUT2D eigenvalue weighted by molar-refractivity contribution is 5.70. The number of hydrogen-bond donors (Lipinski definition) is 0. The van der Waals surface area contributed by atoms with Crippen LogP contribution in [0.5, 0.6) is 34.5 Å². The van der Waals surface area contributed by atoms with Crippen LogP contribution in [0.2, 0.25) is 0 Å². The third-order valence-corrected chi connectivity index (χ3v) is 14.0. The van der Waals surface area contributed by atoms with E-state index in [1.807, 2.05) is 0 Å². The van der Waals surface area contributed by atoms with E-state index in [4.69, 9.17) is 37.9 Å². The minimum absolute atomic E-state index is 0.0131. The predicted molar refractivity (Wildman–Crippen MR) is 216 cm³/mol. The number of esters is 2. The molecule has 4 heterocycles. The molecule has 316 valence electrons. The third-order valence-electron chi connectivity index (χ3n) is 14.0. The molecule has 0 radical (unpaired) electrons. The number of rotatable bonds is 20. The van der Waals surface area contributed by atoms with Crippen LogP contribution >= 0.6 is 0 Å². The lowest BCUT2D eigenvalue weighted by molar-refractivity contribution is -0.961. The zero-order valence-electron chi connectivity index (χ0n) is 35.8. The first kappa shape index (κ1) is 42.7. The van der Waals surface area contributed by atoms with Crippen LogP contribution in [-0.4, -0.2) is 114 Å². The average molecular weight is 797 g/mol. The number of methoxy groups -OCH3 is 6. The number of carbonyl (C=O) groups excluding carboxylic acids is 2. The molecular formula is C45H68N2O10+2.